The van der Waals surface area contributed by atoms with Crippen LogP contribution in [0, 0.1) is 12.8 Å². The van der Waals surface area contributed by atoms with Crippen LogP contribution in [0.25, 0.3) is 21.7 Å². The van der Waals surface area contributed by atoms with Gasteiger partial charge in [-0.25, -0.2) is 0 Å². The quantitative estimate of drug-likeness (QED) is 0.514. The van der Waals surface area contributed by atoms with Crippen LogP contribution in [0.2, 0.25) is 0 Å². The van der Waals surface area contributed by atoms with Crippen LogP contribution in [-0.4, -0.2) is 16.2 Å². The first-order chi connectivity index (χ1) is 12.1. The molecule has 0 saturated heterocycles. The lowest BCUT2D eigenvalue weighted by Crippen LogP contribution is -2.18. The SMILES string of the molecule is Cc1nccc2c1c(=O)n(C)c1cc(OCCCC3CCC3)ccc21. The minimum atomic E-state index is -0.00441. The maximum absolute atomic E-state index is 12.7. The molecule has 1 fully saturated rings. The van der Waals surface area contributed by atoms with Gasteiger partial charge in [-0.1, -0.05) is 19.3 Å². The molecule has 0 bridgehead atoms. The number of aryl methyl sites for hydroxylation is 2. The van der Waals surface area contributed by atoms with E-state index in [1.165, 1.54) is 25.7 Å². The largest absolute Gasteiger partial charge is 0.494 e. The predicted molar refractivity (Wildman–Crippen MR) is 101 cm³/mol. The lowest BCUT2D eigenvalue weighted by molar-refractivity contribution is 0.247. The molecule has 0 spiro atoms. The van der Waals surface area contributed by atoms with Crippen LogP contribution in [0.1, 0.15) is 37.8 Å². The summed E-state index contributed by atoms with van der Waals surface area (Å²) in [6.07, 6.45) is 8.31. The Kier molecular flexibility index (Phi) is 4.20. The topological polar surface area (TPSA) is 44.1 Å². The van der Waals surface area contributed by atoms with Gasteiger partial charge in [-0.3, -0.25) is 9.78 Å². The molecule has 4 nitrogen and oxygen atoms in total. The highest BCUT2D eigenvalue weighted by molar-refractivity contribution is 6.06. The molecule has 25 heavy (non-hydrogen) atoms. The first-order valence-corrected chi connectivity index (χ1v) is 9.16. The van der Waals surface area contributed by atoms with Crippen LogP contribution in [0.15, 0.2) is 35.3 Å². The predicted octanol–water partition coefficient (Wildman–Crippen LogP) is 4.35. The molecule has 0 aliphatic heterocycles. The van der Waals surface area contributed by atoms with Crippen molar-refractivity contribution in [2.24, 2.45) is 13.0 Å². The van der Waals surface area contributed by atoms with Gasteiger partial charge < -0.3 is 9.30 Å². The third-order valence-corrected chi connectivity index (χ3v) is 5.53. The minimum Gasteiger partial charge on any atom is -0.494 e. The molecule has 0 radical (unpaired) electrons. The molecule has 4 heteroatoms. The summed E-state index contributed by atoms with van der Waals surface area (Å²) >= 11 is 0. The molecule has 2 aromatic heterocycles. The number of hydrogen-bond donors (Lipinski definition) is 0. The number of pyridine rings is 2. The maximum Gasteiger partial charge on any atom is 0.260 e. The van der Waals surface area contributed by atoms with Crippen molar-refractivity contribution in [1.82, 2.24) is 9.55 Å². The van der Waals surface area contributed by atoms with E-state index in [1.807, 2.05) is 32.2 Å². The molecule has 0 amide bonds. The van der Waals surface area contributed by atoms with Crippen LogP contribution in [0.3, 0.4) is 0 Å². The minimum absolute atomic E-state index is 0.00441. The fraction of sp³-hybridized carbons (Fsp3) is 0.429. The first-order valence-electron chi connectivity index (χ1n) is 9.16. The van der Waals surface area contributed by atoms with Crippen LogP contribution < -0.4 is 10.3 Å². The van der Waals surface area contributed by atoms with Crippen molar-refractivity contribution in [2.75, 3.05) is 6.61 Å². The number of hydrogen-bond acceptors (Lipinski definition) is 3. The van der Waals surface area contributed by atoms with Gasteiger partial charge in [0.2, 0.25) is 0 Å². The first kappa shape index (κ1) is 16.1. The van der Waals surface area contributed by atoms with E-state index in [-0.39, 0.29) is 5.56 Å². The van der Waals surface area contributed by atoms with E-state index in [0.717, 1.165) is 46.7 Å². The second kappa shape index (κ2) is 6.51. The summed E-state index contributed by atoms with van der Waals surface area (Å²) in [5, 5.41) is 2.72. The van der Waals surface area contributed by atoms with Crippen molar-refractivity contribution < 1.29 is 4.74 Å². The number of ether oxygens (including phenoxy) is 1. The van der Waals surface area contributed by atoms with Crippen LogP contribution in [0.5, 0.6) is 5.75 Å². The van der Waals surface area contributed by atoms with E-state index in [9.17, 15) is 4.79 Å². The van der Waals surface area contributed by atoms with Gasteiger partial charge in [-0.15, -0.1) is 0 Å². The zero-order chi connectivity index (χ0) is 17.4. The molecular weight excluding hydrogens is 312 g/mol. The van der Waals surface area contributed by atoms with Gasteiger partial charge in [0.25, 0.3) is 5.56 Å². The number of aromatic nitrogens is 2. The normalized spacial score (nSPS) is 14.8. The van der Waals surface area contributed by atoms with Gasteiger partial charge in [-0.05, 0) is 49.3 Å². The Morgan fingerprint density at radius 3 is 2.84 bits per heavy atom. The molecule has 4 rings (SSSR count). The van der Waals surface area contributed by atoms with Gasteiger partial charge in [0.1, 0.15) is 5.75 Å². The molecule has 1 aromatic carbocycles. The molecule has 0 N–H and O–H groups in total. The molecule has 1 aliphatic rings. The van der Waals surface area contributed by atoms with Gasteiger partial charge in [0.15, 0.2) is 0 Å². The van der Waals surface area contributed by atoms with Gasteiger partial charge >= 0.3 is 0 Å². The Bertz CT molecular complexity index is 987. The molecule has 1 aliphatic carbocycles. The van der Waals surface area contributed by atoms with E-state index in [2.05, 4.69) is 11.1 Å². The molecule has 0 atom stereocenters. The molecule has 130 valence electrons. The average Bonchev–Trinajstić information content (AvgIpc) is 2.57. The zero-order valence-electron chi connectivity index (χ0n) is 14.9. The summed E-state index contributed by atoms with van der Waals surface area (Å²) in [6.45, 7) is 2.63. The monoisotopic (exact) mass is 336 g/mol. The highest BCUT2D eigenvalue weighted by Gasteiger charge is 2.16. The van der Waals surface area contributed by atoms with Crippen molar-refractivity contribution >= 4 is 21.7 Å². The van der Waals surface area contributed by atoms with Crippen molar-refractivity contribution in [3.05, 3.63) is 46.5 Å². The summed E-state index contributed by atoms with van der Waals surface area (Å²) in [7, 11) is 1.82. The summed E-state index contributed by atoms with van der Waals surface area (Å²) in [6, 6.07) is 7.96. The van der Waals surface area contributed by atoms with E-state index in [0.29, 0.717) is 5.39 Å². The lowest BCUT2D eigenvalue weighted by Gasteiger charge is -2.25. The second-order valence-electron chi connectivity index (χ2n) is 7.15. The van der Waals surface area contributed by atoms with Gasteiger partial charge in [0.05, 0.1) is 23.2 Å². The number of rotatable bonds is 5. The Labute approximate surface area is 147 Å². The number of nitrogens with zero attached hydrogens (tertiary/aromatic N) is 2. The van der Waals surface area contributed by atoms with E-state index < -0.39 is 0 Å². The Morgan fingerprint density at radius 1 is 1.24 bits per heavy atom. The maximum atomic E-state index is 12.7. The zero-order valence-corrected chi connectivity index (χ0v) is 14.9. The summed E-state index contributed by atoms with van der Waals surface area (Å²) < 4.78 is 7.64. The van der Waals surface area contributed by atoms with Crippen molar-refractivity contribution in [1.29, 1.82) is 0 Å². The van der Waals surface area contributed by atoms with Crippen LogP contribution in [0.4, 0.5) is 0 Å². The van der Waals surface area contributed by atoms with Crippen molar-refractivity contribution in [3.63, 3.8) is 0 Å². The number of benzene rings is 1. The molecular formula is C21H24N2O2. The van der Waals surface area contributed by atoms with Crippen molar-refractivity contribution in [3.8, 4) is 5.75 Å². The molecule has 0 unspecified atom stereocenters. The third kappa shape index (κ3) is 2.90. The lowest BCUT2D eigenvalue weighted by atomic mass is 9.82. The summed E-state index contributed by atoms with van der Waals surface area (Å²) in [4.78, 5) is 17.0. The highest BCUT2D eigenvalue weighted by Crippen LogP contribution is 2.31. The van der Waals surface area contributed by atoms with E-state index >= 15 is 0 Å². The Balaban J connectivity index is 1.65. The van der Waals surface area contributed by atoms with Gasteiger partial charge in [-0.2, -0.15) is 0 Å². The molecule has 2 heterocycles. The van der Waals surface area contributed by atoms with E-state index in [1.54, 1.807) is 10.8 Å². The van der Waals surface area contributed by atoms with Crippen LogP contribution in [-0.2, 0) is 7.05 Å². The standard InChI is InChI=1S/C21H24N2O2/c1-14-20-18(10-11-22-14)17-9-8-16(13-19(17)23(2)21(20)24)25-12-4-7-15-5-3-6-15/h8-11,13,15H,3-7,12H2,1-2H3. The second-order valence-corrected chi connectivity index (χ2v) is 7.15. The fourth-order valence-corrected chi connectivity index (χ4v) is 3.79. The Morgan fingerprint density at radius 2 is 2.08 bits per heavy atom. The third-order valence-electron chi connectivity index (χ3n) is 5.53. The summed E-state index contributed by atoms with van der Waals surface area (Å²) in [5.41, 5.74) is 1.67. The van der Waals surface area contributed by atoms with E-state index in [4.69, 9.17) is 4.74 Å². The van der Waals surface area contributed by atoms with Gasteiger partial charge in [0, 0.05) is 24.7 Å². The Hall–Kier alpha value is -2.36. The van der Waals surface area contributed by atoms with Crippen molar-refractivity contribution in [2.45, 2.75) is 39.0 Å². The molecule has 1 saturated carbocycles. The number of fused-ring (bicyclic) bond motifs is 3. The fourth-order valence-electron chi connectivity index (χ4n) is 3.79. The summed E-state index contributed by atoms with van der Waals surface area (Å²) in [5.74, 6) is 1.76. The smallest absolute Gasteiger partial charge is 0.260 e. The van der Waals surface area contributed by atoms with Crippen LogP contribution >= 0.6 is 0 Å². The average molecular weight is 336 g/mol. The highest BCUT2D eigenvalue weighted by atomic mass is 16.5. The molecule has 3 aromatic rings.